The Morgan fingerprint density at radius 2 is 1.96 bits per heavy atom. The van der Waals surface area contributed by atoms with Crippen LogP contribution in [-0.4, -0.2) is 40.1 Å². The Hall–Kier alpha value is -2.11. The highest BCUT2D eigenvalue weighted by atomic mass is 19.1. The number of alkyl halides is 1. The molecule has 0 unspecified atom stereocenters. The number of likely N-dealkylation sites (tertiary alicyclic amines) is 1. The molecule has 1 aromatic heterocycles. The number of imidazole rings is 1. The van der Waals surface area contributed by atoms with Crippen molar-refractivity contribution in [3.63, 3.8) is 0 Å². The Kier molecular flexibility index (Phi) is 4.00. The normalized spacial score (nSPS) is 16.9. The van der Waals surface area contributed by atoms with Crippen molar-refractivity contribution < 1.29 is 9.18 Å². The van der Waals surface area contributed by atoms with Gasteiger partial charge < -0.3 is 9.88 Å². The highest BCUT2D eigenvalue weighted by molar-refractivity contribution is 5.82. The summed E-state index contributed by atoms with van der Waals surface area (Å²) in [6, 6.07) is 7.68. The molecule has 1 aliphatic heterocycles. The van der Waals surface area contributed by atoms with Gasteiger partial charge in [-0.3, -0.25) is 9.36 Å². The summed E-state index contributed by atoms with van der Waals surface area (Å²) in [5, 5.41) is 0. The van der Waals surface area contributed by atoms with Gasteiger partial charge in [0.2, 0.25) is 5.91 Å². The zero-order chi connectivity index (χ0) is 16.6. The first-order valence-corrected chi connectivity index (χ1v) is 7.98. The number of amides is 1. The van der Waals surface area contributed by atoms with E-state index in [2.05, 4.69) is 4.98 Å². The van der Waals surface area contributed by atoms with Crippen molar-refractivity contribution in [3.05, 3.63) is 34.7 Å². The molecule has 1 aliphatic rings. The number of carbonyl (C=O) groups excluding carboxylic acids is 1. The number of para-hydroxylation sites is 2. The first-order valence-electron chi connectivity index (χ1n) is 7.98. The SMILES string of the molecule is CC(C)(CF)C(=O)N1CCC(n2c(=O)[nH]c3ccccc32)CC1. The Balaban J connectivity index is 1.78. The molecule has 2 heterocycles. The van der Waals surface area contributed by atoms with E-state index in [9.17, 15) is 14.0 Å². The van der Waals surface area contributed by atoms with Crippen molar-refractivity contribution in [1.29, 1.82) is 0 Å². The molecule has 2 aromatic rings. The lowest BCUT2D eigenvalue weighted by Crippen LogP contribution is -2.46. The maximum Gasteiger partial charge on any atom is 0.326 e. The number of aromatic amines is 1. The largest absolute Gasteiger partial charge is 0.342 e. The first-order chi connectivity index (χ1) is 10.9. The maximum atomic E-state index is 13.0. The summed E-state index contributed by atoms with van der Waals surface area (Å²) in [7, 11) is 0. The van der Waals surface area contributed by atoms with Crippen LogP contribution in [0, 0.1) is 5.41 Å². The van der Waals surface area contributed by atoms with Gasteiger partial charge in [-0.1, -0.05) is 12.1 Å². The quantitative estimate of drug-likeness (QED) is 0.945. The minimum atomic E-state index is -0.968. The zero-order valence-corrected chi connectivity index (χ0v) is 13.5. The molecule has 0 saturated carbocycles. The van der Waals surface area contributed by atoms with Gasteiger partial charge in [-0.05, 0) is 38.8 Å². The van der Waals surface area contributed by atoms with Crippen LogP contribution in [0.25, 0.3) is 11.0 Å². The standard InChI is InChI=1S/C17H22FN3O2/c1-17(2,11-18)15(22)20-9-7-12(8-10-20)21-14-6-4-3-5-13(14)19-16(21)23/h3-6,12H,7-11H2,1-2H3,(H,19,23). The molecule has 5 nitrogen and oxygen atoms in total. The molecular weight excluding hydrogens is 297 g/mol. The average molecular weight is 319 g/mol. The van der Waals surface area contributed by atoms with Crippen LogP contribution in [0.1, 0.15) is 32.7 Å². The maximum absolute atomic E-state index is 13.0. The molecule has 1 fully saturated rings. The fourth-order valence-corrected chi connectivity index (χ4v) is 3.25. The molecule has 0 aliphatic carbocycles. The van der Waals surface area contributed by atoms with Gasteiger partial charge in [-0.15, -0.1) is 0 Å². The smallest absolute Gasteiger partial charge is 0.326 e. The number of hydrogen-bond acceptors (Lipinski definition) is 2. The predicted octanol–water partition coefficient (Wildman–Crippen LogP) is 2.49. The fourth-order valence-electron chi connectivity index (χ4n) is 3.25. The summed E-state index contributed by atoms with van der Waals surface area (Å²) in [6.45, 7) is 3.71. The second kappa shape index (κ2) is 5.83. The van der Waals surface area contributed by atoms with Crippen molar-refractivity contribution in [2.75, 3.05) is 19.8 Å². The lowest BCUT2D eigenvalue weighted by Gasteiger charge is -2.36. The van der Waals surface area contributed by atoms with Gasteiger partial charge >= 0.3 is 5.69 Å². The number of carbonyl (C=O) groups is 1. The molecule has 23 heavy (non-hydrogen) atoms. The summed E-state index contributed by atoms with van der Waals surface area (Å²) >= 11 is 0. The molecule has 124 valence electrons. The summed E-state index contributed by atoms with van der Waals surface area (Å²) in [5.41, 5.74) is 0.644. The molecular formula is C17H22FN3O2. The Morgan fingerprint density at radius 1 is 1.30 bits per heavy atom. The molecule has 6 heteroatoms. The summed E-state index contributed by atoms with van der Waals surface area (Å²) in [4.78, 5) is 29.2. The lowest BCUT2D eigenvalue weighted by molar-refractivity contribution is -0.142. The van der Waals surface area contributed by atoms with Crippen molar-refractivity contribution in [2.24, 2.45) is 5.41 Å². The van der Waals surface area contributed by atoms with Gasteiger partial charge in [-0.25, -0.2) is 9.18 Å². The minimum absolute atomic E-state index is 0.0659. The van der Waals surface area contributed by atoms with Crippen LogP contribution in [0.3, 0.4) is 0 Å². The van der Waals surface area contributed by atoms with Crippen molar-refractivity contribution in [1.82, 2.24) is 14.5 Å². The number of hydrogen-bond donors (Lipinski definition) is 1. The Bertz CT molecular complexity index is 769. The highest BCUT2D eigenvalue weighted by Gasteiger charge is 2.34. The van der Waals surface area contributed by atoms with E-state index in [1.54, 1.807) is 23.3 Å². The molecule has 3 rings (SSSR count). The number of benzene rings is 1. The van der Waals surface area contributed by atoms with Crippen LogP contribution >= 0.6 is 0 Å². The van der Waals surface area contributed by atoms with Gasteiger partial charge in [0.15, 0.2) is 0 Å². The molecule has 0 radical (unpaired) electrons. The van der Waals surface area contributed by atoms with Crippen molar-refractivity contribution in [3.8, 4) is 0 Å². The number of halogens is 1. The Morgan fingerprint density at radius 3 is 2.61 bits per heavy atom. The number of nitrogens with zero attached hydrogens (tertiary/aromatic N) is 2. The van der Waals surface area contributed by atoms with E-state index in [0.29, 0.717) is 25.9 Å². The Labute approximate surface area is 134 Å². The predicted molar refractivity (Wildman–Crippen MR) is 87.2 cm³/mol. The molecule has 1 amide bonds. The van der Waals surface area contributed by atoms with E-state index >= 15 is 0 Å². The monoisotopic (exact) mass is 319 g/mol. The van der Waals surface area contributed by atoms with E-state index in [4.69, 9.17) is 0 Å². The van der Waals surface area contributed by atoms with Gasteiger partial charge in [0.05, 0.1) is 16.4 Å². The van der Waals surface area contributed by atoms with E-state index in [1.165, 1.54) is 0 Å². The van der Waals surface area contributed by atoms with Crippen LogP contribution in [-0.2, 0) is 4.79 Å². The minimum Gasteiger partial charge on any atom is -0.342 e. The summed E-state index contributed by atoms with van der Waals surface area (Å²) < 4.78 is 14.8. The zero-order valence-electron chi connectivity index (χ0n) is 13.5. The number of nitrogens with one attached hydrogen (secondary N) is 1. The third-order valence-electron chi connectivity index (χ3n) is 4.65. The molecule has 1 N–H and O–H groups in total. The number of fused-ring (bicyclic) bond motifs is 1. The van der Waals surface area contributed by atoms with E-state index in [-0.39, 0.29) is 17.6 Å². The van der Waals surface area contributed by atoms with Gasteiger partial charge in [0.25, 0.3) is 0 Å². The van der Waals surface area contributed by atoms with Crippen molar-refractivity contribution >= 4 is 16.9 Å². The van der Waals surface area contributed by atoms with Crippen LogP contribution in [0.15, 0.2) is 29.1 Å². The van der Waals surface area contributed by atoms with Crippen LogP contribution in [0.4, 0.5) is 4.39 Å². The summed E-state index contributed by atoms with van der Waals surface area (Å²) in [6.07, 6.45) is 1.41. The third-order valence-corrected chi connectivity index (χ3v) is 4.65. The van der Waals surface area contributed by atoms with E-state index in [0.717, 1.165) is 11.0 Å². The van der Waals surface area contributed by atoms with Crippen LogP contribution < -0.4 is 5.69 Å². The van der Waals surface area contributed by atoms with E-state index < -0.39 is 12.1 Å². The number of piperidine rings is 1. The van der Waals surface area contributed by atoms with Crippen molar-refractivity contribution in [2.45, 2.75) is 32.7 Å². The molecule has 0 bridgehead atoms. The number of rotatable bonds is 3. The lowest BCUT2D eigenvalue weighted by atomic mass is 9.92. The molecule has 0 atom stereocenters. The second-order valence-corrected chi connectivity index (χ2v) is 6.86. The van der Waals surface area contributed by atoms with Gasteiger partial charge in [0.1, 0.15) is 6.67 Å². The average Bonchev–Trinajstić information content (AvgIpc) is 2.90. The third kappa shape index (κ3) is 2.78. The number of H-pyrrole nitrogens is 1. The van der Waals surface area contributed by atoms with Crippen LogP contribution in [0.5, 0.6) is 0 Å². The number of aromatic nitrogens is 2. The highest BCUT2D eigenvalue weighted by Crippen LogP contribution is 2.28. The molecule has 0 spiro atoms. The van der Waals surface area contributed by atoms with Gasteiger partial charge in [0, 0.05) is 19.1 Å². The van der Waals surface area contributed by atoms with Gasteiger partial charge in [-0.2, -0.15) is 0 Å². The van der Waals surface area contributed by atoms with Crippen LogP contribution in [0.2, 0.25) is 0 Å². The molecule has 1 saturated heterocycles. The first kappa shape index (κ1) is 15.8. The fraction of sp³-hybridized carbons (Fsp3) is 0.529. The van der Waals surface area contributed by atoms with E-state index in [1.807, 2.05) is 24.3 Å². The summed E-state index contributed by atoms with van der Waals surface area (Å²) in [5.74, 6) is -0.148. The second-order valence-electron chi connectivity index (χ2n) is 6.86. The molecule has 1 aromatic carbocycles. The topological polar surface area (TPSA) is 58.1 Å².